The number of ether oxygens (including phenoxy) is 1. The number of carbonyl (C=O) groups is 2. The highest BCUT2D eigenvalue weighted by atomic mass is 79.9. The van der Waals surface area contributed by atoms with Crippen molar-refractivity contribution < 1.29 is 14.3 Å². The van der Waals surface area contributed by atoms with Gasteiger partial charge < -0.3 is 10.1 Å². The highest BCUT2D eigenvalue weighted by Gasteiger charge is 2.10. The maximum Gasteiger partial charge on any atom is 0.249 e. The van der Waals surface area contributed by atoms with E-state index >= 15 is 0 Å². The Morgan fingerprint density at radius 3 is 2.66 bits per heavy atom. The van der Waals surface area contributed by atoms with Crippen molar-refractivity contribution in [2.75, 3.05) is 11.9 Å². The highest BCUT2D eigenvalue weighted by molar-refractivity contribution is 9.10. The zero-order valence-corrected chi connectivity index (χ0v) is 18.5. The van der Waals surface area contributed by atoms with Crippen molar-refractivity contribution in [2.45, 2.75) is 40.0 Å². The van der Waals surface area contributed by atoms with Gasteiger partial charge in [0, 0.05) is 15.7 Å². The number of halogens is 1. The average Bonchev–Trinajstić information content (AvgIpc) is 2.66. The van der Waals surface area contributed by atoms with Crippen molar-refractivity contribution in [3.05, 3.63) is 57.6 Å². The fraction of sp³-hybridized carbons (Fsp3) is 0.318. The Hall–Kier alpha value is -2.67. The van der Waals surface area contributed by atoms with E-state index in [2.05, 4.69) is 38.7 Å². The number of amides is 2. The van der Waals surface area contributed by atoms with E-state index in [4.69, 9.17) is 4.74 Å². The minimum atomic E-state index is -0.494. The molecule has 2 aromatic carbocycles. The molecule has 0 spiro atoms. The molecule has 0 saturated carbocycles. The molecule has 0 aliphatic carbocycles. The quantitative estimate of drug-likeness (QED) is 0.246. The number of hydrazone groups is 1. The molecule has 0 atom stereocenters. The number of aryl methyl sites for hydroxylation is 2. The Balaban J connectivity index is 1.90. The van der Waals surface area contributed by atoms with Crippen LogP contribution in [0.25, 0.3) is 0 Å². The number of nitrogens with one attached hydrogen (secondary N) is 2. The molecule has 2 rings (SSSR count). The number of hydrogen-bond acceptors (Lipinski definition) is 4. The molecular weight excluding hydrogens is 434 g/mol. The second-order valence-corrected chi connectivity index (χ2v) is 7.64. The zero-order chi connectivity index (χ0) is 21.2. The lowest BCUT2D eigenvalue weighted by Crippen LogP contribution is -2.24. The normalized spacial score (nSPS) is 10.8. The molecule has 0 heterocycles. The van der Waals surface area contributed by atoms with Crippen LogP contribution in [-0.4, -0.2) is 24.6 Å². The van der Waals surface area contributed by atoms with Crippen LogP contribution in [-0.2, 0) is 9.59 Å². The summed E-state index contributed by atoms with van der Waals surface area (Å²) in [7, 11) is 0. The number of anilines is 1. The van der Waals surface area contributed by atoms with Crippen LogP contribution in [0.1, 0.15) is 42.9 Å². The second kappa shape index (κ2) is 11.4. The Bertz CT molecular complexity index is 897. The maximum atomic E-state index is 12.1. The van der Waals surface area contributed by atoms with Crippen LogP contribution in [0.5, 0.6) is 5.75 Å². The molecule has 0 fully saturated rings. The molecule has 0 unspecified atom stereocenters. The topological polar surface area (TPSA) is 79.8 Å². The van der Waals surface area contributed by atoms with E-state index in [0.29, 0.717) is 18.0 Å². The summed E-state index contributed by atoms with van der Waals surface area (Å²) >= 11 is 3.42. The van der Waals surface area contributed by atoms with Crippen molar-refractivity contribution in [2.24, 2.45) is 5.10 Å². The van der Waals surface area contributed by atoms with E-state index in [9.17, 15) is 9.59 Å². The van der Waals surface area contributed by atoms with Gasteiger partial charge >= 0.3 is 0 Å². The highest BCUT2D eigenvalue weighted by Crippen LogP contribution is 2.22. The van der Waals surface area contributed by atoms with Gasteiger partial charge in [-0.1, -0.05) is 47.0 Å². The number of carbonyl (C=O) groups excluding carboxylic acids is 2. The van der Waals surface area contributed by atoms with Crippen molar-refractivity contribution in [3.8, 4) is 5.75 Å². The van der Waals surface area contributed by atoms with Crippen LogP contribution in [0, 0.1) is 13.8 Å². The Kier molecular flexibility index (Phi) is 8.86. The fourth-order valence-electron chi connectivity index (χ4n) is 2.59. The lowest BCUT2D eigenvalue weighted by atomic mass is 10.1. The van der Waals surface area contributed by atoms with Crippen molar-refractivity contribution in [1.29, 1.82) is 0 Å². The Labute approximate surface area is 179 Å². The average molecular weight is 460 g/mol. The molecule has 2 amide bonds. The molecule has 29 heavy (non-hydrogen) atoms. The first kappa shape index (κ1) is 22.6. The first-order valence-electron chi connectivity index (χ1n) is 9.50. The van der Waals surface area contributed by atoms with Crippen molar-refractivity contribution >= 4 is 39.6 Å². The van der Waals surface area contributed by atoms with Crippen molar-refractivity contribution in [3.63, 3.8) is 0 Å². The fourth-order valence-corrected chi connectivity index (χ4v) is 2.96. The largest absolute Gasteiger partial charge is 0.493 e. The molecule has 0 saturated heterocycles. The standard InChI is InChI=1S/C22H26BrN3O3/c1-4-5-10-29-20-9-7-18(23)12-17(20)14-24-26-22(28)13-21(27)25-19-8-6-15(2)11-16(19)3/h6-9,11-12,14H,4-5,10,13H2,1-3H3,(H,25,27)(H,26,28). The molecule has 0 aromatic heterocycles. The third-order valence-electron chi connectivity index (χ3n) is 4.10. The first-order valence-corrected chi connectivity index (χ1v) is 10.3. The summed E-state index contributed by atoms with van der Waals surface area (Å²) in [6, 6.07) is 11.3. The van der Waals surface area contributed by atoms with Crippen LogP contribution < -0.4 is 15.5 Å². The van der Waals surface area contributed by atoms with E-state index in [1.165, 1.54) is 6.21 Å². The molecule has 2 N–H and O–H groups in total. The summed E-state index contributed by atoms with van der Waals surface area (Å²) in [5.41, 5.74) is 5.87. The predicted molar refractivity (Wildman–Crippen MR) is 119 cm³/mol. The smallest absolute Gasteiger partial charge is 0.249 e. The number of benzene rings is 2. The van der Waals surface area contributed by atoms with Crippen LogP contribution >= 0.6 is 15.9 Å². The van der Waals surface area contributed by atoms with E-state index in [1.54, 1.807) is 0 Å². The minimum Gasteiger partial charge on any atom is -0.493 e. The molecule has 2 aromatic rings. The van der Waals surface area contributed by atoms with Crippen LogP contribution in [0.3, 0.4) is 0 Å². The summed E-state index contributed by atoms with van der Waals surface area (Å²) in [6.07, 6.45) is 3.19. The maximum absolute atomic E-state index is 12.1. The summed E-state index contributed by atoms with van der Waals surface area (Å²) < 4.78 is 6.63. The van der Waals surface area contributed by atoms with Crippen LogP contribution in [0.15, 0.2) is 46.0 Å². The molecular formula is C22H26BrN3O3. The van der Waals surface area contributed by atoms with Gasteiger partial charge in [-0.15, -0.1) is 0 Å². The van der Waals surface area contributed by atoms with Gasteiger partial charge in [0.1, 0.15) is 12.2 Å². The predicted octanol–water partition coefficient (Wildman–Crippen LogP) is 4.72. The first-order chi connectivity index (χ1) is 13.9. The number of hydrogen-bond donors (Lipinski definition) is 2. The summed E-state index contributed by atoms with van der Waals surface area (Å²) in [5, 5.41) is 6.70. The summed E-state index contributed by atoms with van der Waals surface area (Å²) in [5.74, 6) is -0.199. The third-order valence-corrected chi connectivity index (χ3v) is 4.59. The van der Waals surface area contributed by atoms with Gasteiger partial charge in [0.2, 0.25) is 11.8 Å². The molecule has 0 bridgehead atoms. The van der Waals surface area contributed by atoms with Gasteiger partial charge in [-0.05, 0) is 50.1 Å². The lowest BCUT2D eigenvalue weighted by Gasteiger charge is -2.09. The van der Waals surface area contributed by atoms with Crippen LogP contribution in [0.4, 0.5) is 5.69 Å². The summed E-state index contributed by atoms with van der Waals surface area (Å²) in [6.45, 7) is 6.60. The van der Waals surface area contributed by atoms with Gasteiger partial charge in [-0.3, -0.25) is 9.59 Å². The third kappa shape index (κ3) is 7.69. The monoisotopic (exact) mass is 459 g/mol. The lowest BCUT2D eigenvalue weighted by molar-refractivity contribution is -0.126. The second-order valence-electron chi connectivity index (χ2n) is 6.72. The number of nitrogens with zero attached hydrogens (tertiary/aromatic N) is 1. The number of unbranched alkanes of at least 4 members (excludes halogenated alkanes) is 1. The van der Waals surface area contributed by atoms with E-state index < -0.39 is 11.8 Å². The number of rotatable bonds is 9. The van der Waals surface area contributed by atoms with Gasteiger partial charge in [0.15, 0.2) is 0 Å². The SMILES string of the molecule is CCCCOc1ccc(Br)cc1C=NNC(=O)CC(=O)Nc1ccc(C)cc1C. The van der Waals surface area contributed by atoms with E-state index in [0.717, 1.165) is 34.0 Å². The molecule has 0 aliphatic heterocycles. The summed E-state index contributed by atoms with van der Waals surface area (Å²) in [4.78, 5) is 24.1. The van der Waals surface area contributed by atoms with Crippen LogP contribution in [0.2, 0.25) is 0 Å². The molecule has 0 radical (unpaired) electrons. The molecule has 154 valence electrons. The van der Waals surface area contributed by atoms with E-state index in [1.807, 2.05) is 50.2 Å². The molecule has 6 nitrogen and oxygen atoms in total. The minimum absolute atomic E-state index is 0.316. The van der Waals surface area contributed by atoms with Gasteiger partial charge in [0.25, 0.3) is 0 Å². The van der Waals surface area contributed by atoms with Crippen molar-refractivity contribution in [1.82, 2.24) is 5.43 Å². The Morgan fingerprint density at radius 1 is 1.14 bits per heavy atom. The van der Waals surface area contributed by atoms with Gasteiger partial charge in [0.05, 0.1) is 12.8 Å². The molecule has 7 heteroatoms. The van der Waals surface area contributed by atoms with Gasteiger partial charge in [-0.25, -0.2) is 5.43 Å². The molecule has 0 aliphatic rings. The Morgan fingerprint density at radius 2 is 1.93 bits per heavy atom. The van der Waals surface area contributed by atoms with Gasteiger partial charge in [-0.2, -0.15) is 5.10 Å². The van der Waals surface area contributed by atoms with E-state index in [-0.39, 0.29) is 6.42 Å². The zero-order valence-electron chi connectivity index (χ0n) is 16.9.